The highest BCUT2D eigenvalue weighted by molar-refractivity contribution is 6.04. The number of nitrogens with zero attached hydrogens (tertiary/aromatic N) is 2. The third kappa shape index (κ3) is 4.62. The molecule has 8 nitrogen and oxygen atoms in total. The number of aromatic amines is 1. The molecule has 2 heterocycles. The third-order valence-electron chi connectivity index (χ3n) is 4.24. The van der Waals surface area contributed by atoms with E-state index in [2.05, 4.69) is 15.5 Å². The molecule has 2 N–H and O–H groups in total. The number of H-pyrrole nitrogens is 1. The van der Waals surface area contributed by atoms with Gasteiger partial charge in [0.25, 0.3) is 5.91 Å². The van der Waals surface area contributed by atoms with E-state index in [1.807, 2.05) is 27.7 Å². The first-order chi connectivity index (χ1) is 13.3. The van der Waals surface area contributed by atoms with Crippen LogP contribution in [0.3, 0.4) is 0 Å². The molecule has 2 amide bonds. The molecule has 0 radical (unpaired) electrons. The summed E-state index contributed by atoms with van der Waals surface area (Å²) in [5.41, 5.74) is 1.66. The Morgan fingerprint density at radius 1 is 1.25 bits per heavy atom. The van der Waals surface area contributed by atoms with Crippen molar-refractivity contribution in [2.24, 2.45) is 0 Å². The van der Waals surface area contributed by atoms with Crippen LogP contribution >= 0.6 is 0 Å². The van der Waals surface area contributed by atoms with Crippen LogP contribution in [0.5, 0.6) is 5.75 Å². The van der Waals surface area contributed by atoms with Gasteiger partial charge in [-0.3, -0.25) is 9.89 Å². The van der Waals surface area contributed by atoms with Crippen molar-refractivity contribution in [3.63, 3.8) is 0 Å². The first kappa shape index (κ1) is 19.7. The number of amides is 2. The van der Waals surface area contributed by atoms with E-state index in [1.54, 1.807) is 29.2 Å². The van der Waals surface area contributed by atoms with E-state index in [4.69, 9.17) is 9.47 Å². The standard InChI is InChI=1S/C20H26N4O4/c1-5-27-14-8-6-13(7-9-14)18(25)21-17-15-12-24(11-10-16(15)22-23-17)19(26)28-20(2,3)4/h6-9H,5,10-12H2,1-4H3,(H2,21,22,23,25). The van der Waals surface area contributed by atoms with E-state index in [1.165, 1.54) is 0 Å². The molecule has 1 aromatic heterocycles. The fraction of sp³-hybridized carbons (Fsp3) is 0.450. The predicted molar refractivity (Wildman–Crippen MR) is 104 cm³/mol. The highest BCUT2D eigenvalue weighted by Gasteiger charge is 2.29. The number of aromatic nitrogens is 2. The van der Waals surface area contributed by atoms with Gasteiger partial charge in [0.1, 0.15) is 11.4 Å². The van der Waals surface area contributed by atoms with Gasteiger partial charge in [-0.25, -0.2) is 4.79 Å². The molecule has 0 saturated heterocycles. The fourth-order valence-electron chi connectivity index (χ4n) is 2.93. The van der Waals surface area contributed by atoms with Crippen LogP contribution in [0.25, 0.3) is 0 Å². The molecule has 0 atom stereocenters. The van der Waals surface area contributed by atoms with Crippen LogP contribution in [0.1, 0.15) is 49.3 Å². The lowest BCUT2D eigenvalue weighted by atomic mass is 10.1. The number of hydrogen-bond donors (Lipinski definition) is 2. The summed E-state index contributed by atoms with van der Waals surface area (Å²) in [5, 5.41) is 10.00. The maximum Gasteiger partial charge on any atom is 0.410 e. The Labute approximate surface area is 164 Å². The largest absolute Gasteiger partial charge is 0.494 e. The van der Waals surface area contributed by atoms with Crippen LogP contribution in [0.4, 0.5) is 10.6 Å². The zero-order chi connectivity index (χ0) is 20.3. The highest BCUT2D eigenvalue weighted by atomic mass is 16.6. The lowest BCUT2D eigenvalue weighted by Gasteiger charge is -2.30. The maximum absolute atomic E-state index is 12.6. The summed E-state index contributed by atoms with van der Waals surface area (Å²) in [7, 11) is 0. The van der Waals surface area contributed by atoms with Gasteiger partial charge in [0.15, 0.2) is 5.82 Å². The van der Waals surface area contributed by atoms with Gasteiger partial charge >= 0.3 is 6.09 Å². The molecule has 0 aliphatic carbocycles. The predicted octanol–water partition coefficient (Wildman–Crippen LogP) is 3.35. The summed E-state index contributed by atoms with van der Waals surface area (Å²) < 4.78 is 10.8. The minimum atomic E-state index is -0.557. The topological polar surface area (TPSA) is 96.5 Å². The monoisotopic (exact) mass is 386 g/mol. The second-order valence-corrected chi connectivity index (χ2v) is 7.59. The first-order valence-electron chi connectivity index (χ1n) is 9.35. The second-order valence-electron chi connectivity index (χ2n) is 7.59. The number of anilines is 1. The number of benzene rings is 1. The van der Waals surface area contributed by atoms with Crippen molar-refractivity contribution in [2.75, 3.05) is 18.5 Å². The van der Waals surface area contributed by atoms with Gasteiger partial charge in [0.05, 0.1) is 13.2 Å². The van der Waals surface area contributed by atoms with Crippen LogP contribution in [-0.2, 0) is 17.7 Å². The molecular formula is C20H26N4O4. The molecule has 3 rings (SSSR count). The fourth-order valence-corrected chi connectivity index (χ4v) is 2.93. The van der Waals surface area contributed by atoms with E-state index in [0.717, 1.165) is 11.3 Å². The SMILES string of the molecule is CCOc1ccc(C(=O)Nc2n[nH]c3c2CN(C(=O)OC(C)(C)C)CC3)cc1. The number of nitrogens with one attached hydrogen (secondary N) is 2. The van der Waals surface area contributed by atoms with E-state index < -0.39 is 5.60 Å². The van der Waals surface area contributed by atoms with Crippen LogP contribution in [-0.4, -0.2) is 45.9 Å². The van der Waals surface area contributed by atoms with Gasteiger partial charge < -0.3 is 19.7 Å². The van der Waals surface area contributed by atoms with E-state index in [9.17, 15) is 9.59 Å². The average Bonchev–Trinajstić information content (AvgIpc) is 3.03. The summed E-state index contributed by atoms with van der Waals surface area (Å²) in [5.74, 6) is 0.873. The molecule has 0 spiro atoms. The Morgan fingerprint density at radius 3 is 2.61 bits per heavy atom. The van der Waals surface area contributed by atoms with Gasteiger partial charge in [-0.2, -0.15) is 5.10 Å². The maximum atomic E-state index is 12.6. The lowest BCUT2D eigenvalue weighted by molar-refractivity contribution is 0.0224. The smallest absolute Gasteiger partial charge is 0.410 e. The van der Waals surface area contributed by atoms with Crippen molar-refractivity contribution in [3.8, 4) is 5.75 Å². The van der Waals surface area contributed by atoms with Gasteiger partial charge in [-0.05, 0) is 52.0 Å². The summed E-state index contributed by atoms with van der Waals surface area (Å²) in [4.78, 5) is 26.5. The van der Waals surface area contributed by atoms with E-state index in [0.29, 0.717) is 43.2 Å². The minimum absolute atomic E-state index is 0.272. The Kier molecular flexibility index (Phi) is 5.58. The second kappa shape index (κ2) is 7.92. The Bertz CT molecular complexity index is 852. The molecule has 8 heteroatoms. The molecule has 0 bridgehead atoms. The molecule has 150 valence electrons. The van der Waals surface area contributed by atoms with Crippen molar-refractivity contribution in [1.82, 2.24) is 15.1 Å². The van der Waals surface area contributed by atoms with Crippen LogP contribution in [0.2, 0.25) is 0 Å². The van der Waals surface area contributed by atoms with Crippen LogP contribution < -0.4 is 10.1 Å². The number of carbonyl (C=O) groups is 2. The number of rotatable bonds is 4. The van der Waals surface area contributed by atoms with Gasteiger partial charge in [-0.1, -0.05) is 0 Å². The van der Waals surface area contributed by atoms with E-state index >= 15 is 0 Å². The lowest BCUT2D eigenvalue weighted by Crippen LogP contribution is -2.40. The Morgan fingerprint density at radius 2 is 1.96 bits per heavy atom. The first-order valence-corrected chi connectivity index (χ1v) is 9.35. The molecule has 1 aliphatic rings. The van der Waals surface area contributed by atoms with Gasteiger partial charge in [-0.15, -0.1) is 0 Å². The molecule has 2 aromatic rings. The zero-order valence-electron chi connectivity index (χ0n) is 16.7. The van der Waals surface area contributed by atoms with Crippen molar-refractivity contribution >= 4 is 17.8 Å². The quantitative estimate of drug-likeness (QED) is 0.840. The number of hydrogen-bond acceptors (Lipinski definition) is 5. The molecule has 28 heavy (non-hydrogen) atoms. The molecule has 0 fully saturated rings. The van der Waals surface area contributed by atoms with Crippen LogP contribution in [0.15, 0.2) is 24.3 Å². The van der Waals surface area contributed by atoms with Crippen molar-refractivity contribution < 1.29 is 19.1 Å². The average molecular weight is 386 g/mol. The number of ether oxygens (including phenoxy) is 2. The normalized spacial score (nSPS) is 13.6. The number of carbonyl (C=O) groups excluding carboxylic acids is 2. The molecule has 0 saturated carbocycles. The summed E-state index contributed by atoms with van der Waals surface area (Å²) in [6.45, 7) is 8.85. The van der Waals surface area contributed by atoms with Gasteiger partial charge in [0, 0.05) is 29.8 Å². The third-order valence-corrected chi connectivity index (χ3v) is 4.24. The van der Waals surface area contributed by atoms with Crippen LogP contribution in [0, 0.1) is 0 Å². The van der Waals surface area contributed by atoms with E-state index in [-0.39, 0.29) is 12.0 Å². The summed E-state index contributed by atoms with van der Waals surface area (Å²) in [6.07, 6.45) is 0.253. The van der Waals surface area contributed by atoms with Crippen molar-refractivity contribution in [3.05, 3.63) is 41.1 Å². The van der Waals surface area contributed by atoms with Crippen molar-refractivity contribution in [2.45, 2.75) is 46.3 Å². The Hall–Kier alpha value is -3.03. The number of fused-ring (bicyclic) bond motifs is 1. The Balaban J connectivity index is 1.69. The minimum Gasteiger partial charge on any atom is -0.494 e. The molecule has 0 unspecified atom stereocenters. The molecule has 1 aliphatic heterocycles. The zero-order valence-corrected chi connectivity index (χ0v) is 16.7. The molecule has 1 aromatic carbocycles. The van der Waals surface area contributed by atoms with Gasteiger partial charge in [0.2, 0.25) is 0 Å². The highest BCUT2D eigenvalue weighted by Crippen LogP contribution is 2.26. The van der Waals surface area contributed by atoms with Crippen molar-refractivity contribution in [1.29, 1.82) is 0 Å². The summed E-state index contributed by atoms with van der Waals surface area (Å²) >= 11 is 0. The molecular weight excluding hydrogens is 360 g/mol. The summed E-state index contributed by atoms with van der Waals surface area (Å²) in [6, 6.07) is 6.91.